The van der Waals surface area contributed by atoms with E-state index < -0.39 is 48.5 Å². The number of benzene rings is 1. The van der Waals surface area contributed by atoms with Crippen molar-refractivity contribution in [3.05, 3.63) is 59.7 Å². The second-order valence-electron chi connectivity index (χ2n) is 9.49. The summed E-state index contributed by atoms with van der Waals surface area (Å²) in [6.07, 6.45) is 3.37. The molecule has 3 N–H and O–H groups in total. The lowest BCUT2D eigenvalue weighted by atomic mass is 9.86. The SMILES string of the molecule is COC1CCCC[C@@H](c2ccccc2)OC(=O)/C(C)=C/[C@H](OC)[C@@H](O)[C@H](C)[C@@H](O)[C@@H](C)C=C[C@H]1O. The summed E-state index contributed by atoms with van der Waals surface area (Å²) in [5.74, 6) is -1.38. The summed E-state index contributed by atoms with van der Waals surface area (Å²) in [6.45, 7) is 5.19. The Morgan fingerprint density at radius 2 is 1.57 bits per heavy atom. The molecule has 7 nitrogen and oxygen atoms in total. The van der Waals surface area contributed by atoms with Crippen molar-refractivity contribution < 1.29 is 34.3 Å². The van der Waals surface area contributed by atoms with E-state index in [2.05, 4.69) is 0 Å². The van der Waals surface area contributed by atoms with Crippen LogP contribution in [0.25, 0.3) is 0 Å². The van der Waals surface area contributed by atoms with Crippen molar-refractivity contribution in [2.75, 3.05) is 14.2 Å². The average Bonchev–Trinajstić information content (AvgIpc) is 2.87. The van der Waals surface area contributed by atoms with Gasteiger partial charge in [0.1, 0.15) is 12.2 Å². The van der Waals surface area contributed by atoms with Gasteiger partial charge in [0, 0.05) is 31.6 Å². The molecule has 0 radical (unpaired) electrons. The van der Waals surface area contributed by atoms with Gasteiger partial charge in [-0.25, -0.2) is 4.79 Å². The Labute approximate surface area is 209 Å². The lowest BCUT2D eigenvalue weighted by Crippen LogP contribution is -2.41. The van der Waals surface area contributed by atoms with Crippen LogP contribution >= 0.6 is 0 Å². The molecule has 0 saturated heterocycles. The number of ether oxygens (including phenoxy) is 3. The summed E-state index contributed by atoms with van der Waals surface area (Å²) in [4.78, 5) is 13.0. The third-order valence-corrected chi connectivity index (χ3v) is 6.88. The van der Waals surface area contributed by atoms with Crippen molar-refractivity contribution in [2.45, 2.75) is 83.1 Å². The first kappa shape index (κ1) is 29.2. The highest BCUT2D eigenvalue weighted by Crippen LogP contribution is 2.27. The first-order valence-electron chi connectivity index (χ1n) is 12.4. The van der Waals surface area contributed by atoms with Crippen LogP contribution in [0.15, 0.2) is 54.1 Å². The van der Waals surface area contributed by atoms with Gasteiger partial charge in [-0.1, -0.05) is 62.8 Å². The topological polar surface area (TPSA) is 105 Å². The Kier molecular flexibility index (Phi) is 12.1. The van der Waals surface area contributed by atoms with Gasteiger partial charge >= 0.3 is 5.97 Å². The molecule has 0 aliphatic carbocycles. The highest BCUT2D eigenvalue weighted by Gasteiger charge is 2.32. The first-order chi connectivity index (χ1) is 16.7. The zero-order chi connectivity index (χ0) is 26.0. The predicted octanol–water partition coefficient (Wildman–Crippen LogP) is 3.73. The molecular weight excluding hydrogens is 448 g/mol. The minimum absolute atomic E-state index is 0.329. The maximum atomic E-state index is 13.0. The molecule has 0 aromatic heterocycles. The number of methoxy groups -OCH3 is 2. The van der Waals surface area contributed by atoms with Gasteiger partial charge < -0.3 is 29.5 Å². The highest BCUT2D eigenvalue weighted by atomic mass is 16.5. The van der Waals surface area contributed by atoms with Crippen LogP contribution in [0.5, 0.6) is 0 Å². The molecule has 1 aliphatic heterocycles. The average molecular weight is 491 g/mol. The molecule has 0 fully saturated rings. The molecule has 1 unspecified atom stereocenters. The van der Waals surface area contributed by atoms with E-state index in [1.807, 2.05) is 37.3 Å². The monoisotopic (exact) mass is 490 g/mol. The van der Waals surface area contributed by atoms with Gasteiger partial charge in [-0.15, -0.1) is 0 Å². The van der Waals surface area contributed by atoms with Crippen molar-refractivity contribution in [3.8, 4) is 0 Å². The normalized spacial score (nSPS) is 35.9. The van der Waals surface area contributed by atoms with Crippen LogP contribution in [0, 0.1) is 11.8 Å². The summed E-state index contributed by atoms with van der Waals surface area (Å²) in [7, 11) is 3.02. The Morgan fingerprint density at radius 3 is 2.20 bits per heavy atom. The van der Waals surface area contributed by atoms with E-state index in [4.69, 9.17) is 14.2 Å². The molecule has 196 valence electrons. The molecular formula is C28H42O7. The van der Waals surface area contributed by atoms with E-state index >= 15 is 0 Å². The Hall–Kier alpha value is -2.03. The van der Waals surface area contributed by atoms with E-state index in [1.165, 1.54) is 7.11 Å². The van der Waals surface area contributed by atoms with Crippen LogP contribution in [0.4, 0.5) is 0 Å². The molecule has 1 aromatic rings. The fraction of sp³-hybridized carbons (Fsp3) is 0.607. The number of carbonyl (C=O) groups is 1. The van der Waals surface area contributed by atoms with E-state index in [1.54, 1.807) is 39.2 Å². The largest absolute Gasteiger partial charge is 0.454 e. The number of hydrogen-bond acceptors (Lipinski definition) is 7. The number of cyclic esters (lactones) is 1. The Bertz CT molecular complexity index is 822. The molecule has 1 aromatic carbocycles. The van der Waals surface area contributed by atoms with Crippen LogP contribution in [0.1, 0.15) is 58.1 Å². The van der Waals surface area contributed by atoms with Crippen molar-refractivity contribution >= 4 is 5.97 Å². The van der Waals surface area contributed by atoms with E-state index in [-0.39, 0.29) is 5.92 Å². The molecule has 8 atom stereocenters. The standard InChI is InChI=1S/C28H42O7/c1-18-15-16-22(29)24(33-4)14-10-9-13-23(21-11-7-6-8-12-21)35-28(32)19(2)17-25(34-5)27(31)20(3)26(18)30/h6-8,11-12,15-18,20,22-27,29-31H,9-10,13-14H2,1-5H3/b16-15?,19-17+/t18-,20+,22+,23-,24?,25-,26-,27-/m0/s1. The van der Waals surface area contributed by atoms with Gasteiger partial charge in [0.2, 0.25) is 0 Å². The minimum Gasteiger partial charge on any atom is -0.454 e. The molecule has 1 aliphatic rings. The van der Waals surface area contributed by atoms with E-state index in [0.717, 1.165) is 18.4 Å². The molecule has 1 heterocycles. The van der Waals surface area contributed by atoms with Crippen LogP contribution in [-0.2, 0) is 19.0 Å². The molecule has 2 rings (SSSR count). The fourth-order valence-corrected chi connectivity index (χ4v) is 4.41. The third-order valence-electron chi connectivity index (χ3n) is 6.88. The van der Waals surface area contributed by atoms with Gasteiger partial charge in [-0.05, 0) is 37.8 Å². The lowest BCUT2D eigenvalue weighted by molar-refractivity contribution is -0.145. The maximum Gasteiger partial charge on any atom is 0.334 e. The zero-order valence-corrected chi connectivity index (χ0v) is 21.5. The summed E-state index contributed by atoms with van der Waals surface area (Å²) < 4.78 is 16.8. The van der Waals surface area contributed by atoms with Crippen LogP contribution in [0.2, 0.25) is 0 Å². The molecule has 7 heteroatoms. The first-order valence-corrected chi connectivity index (χ1v) is 12.4. The summed E-state index contributed by atoms with van der Waals surface area (Å²) in [5.41, 5.74) is 1.23. The summed E-state index contributed by atoms with van der Waals surface area (Å²) in [6, 6.07) is 9.59. The highest BCUT2D eigenvalue weighted by molar-refractivity contribution is 5.88. The molecule has 35 heavy (non-hydrogen) atoms. The minimum atomic E-state index is -1.06. The van der Waals surface area contributed by atoms with Crippen molar-refractivity contribution in [1.82, 2.24) is 0 Å². The molecule has 0 spiro atoms. The zero-order valence-electron chi connectivity index (χ0n) is 21.5. The van der Waals surface area contributed by atoms with E-state index in [9.17, 15) is 20.1 Å². The fourth-order valence-electron chi connectivity index (χ4n) is 4.41. The second kappa shape index (κ2) is 14.5. The van der Waals surface area contributed by atoms with Gasteiger partial charge in [0.25, 0.3) is 0 Å². The third kappa shape index (κ3) is 8.54. The smallest absolute Gasteiger partial charge is 0.334 e. The quantitative estimate of drug-likeness (QED) is 0.438. The van der Waals surface area contributed by atoms with Crippen LogP contribution in [-0.4, -0.2) is 66.0 Å². The number of esters is 1. The Morgan fingerprint density at radius 1 is 0.914 bits per heavy atom. The van der Waals surface area contributed by atoms with Crippen molar-refractivity contribution in [2.24, 2.45) is 11.8 Å². The molecule has 0 bridgehead atoms. The van der Waals surface area contributed by atoms with Crippen molar-refractivity contribution in [1.29, 1.82) is 0 Å². The second-order valence-corrected chi connectivity index (χ2v) is 9.49. The number of rotatable bonds is 3. The maximum absolute atomic E-state index is 13.0. The number of hydrogen-bond donors (Lipinski definition) is 3. The van der Waals surface area contributed by atoms with Gasteiger partial charge in [0.05, 0.1) is 24.4 Å². The van der Waals surface area contributed by atoms with Gasteiger partial charge in [-0.3, -0.25) is 0 Å². The Balaban J connectivity index is 2.35. The van der Waals surface area contributed by atoms with Crippen LogP contribution in [0.3, 0.4) is 0 Å². The van der Waals surface area contributed by atoms with Gasteiger partial charge in [0.15, 0.2) is 0 Å². The predicted molar refractivity (Wildman–Crippen MR) is 135 cm³/mol. The summed E-state index contributed by atoms with van der Waals surface area (Å²) >= 11 is 0. The number of aliphatic hydroxyl groups excluding tert-OH is 3. The molecule has 0 saturated carbocycles. The van der Waals surface area contributed by atoms with Gasteiger partial charge in [-0.2, -0.15) is 0 Å². The molecule has 0 amide bonds. The van der Waals surface area contributed by atoms with E-state index in [0.29, 0.717) is 18.4 Å². The summed E-state index contributed by atoms with van der Waals surface area (Å²) in [5, 5.41) is 32.3. The number of carbonyl (C=O) groups excluding carboxylic acids is 1. The van der Waals surface area contributed by atoms with Crippen LogP contribution < -0.4 is 0 Å². The lowest BCUT2D eigenvalue weighted by Gasteiger charge is -2.31. The van der Waals surface area contributed by atoms with Crippen molar-refractivity contribution in [3.63, 3.8) is 0 Å². The number of aliphatic hydroxyl groups is 3.